The zero-order valence-corrected chi connectivity index (χ0v) is 13.2. The minimum absolute atomic E-state index is 0.124. The van der Waals surface area contributed by atoms with Crippen molar-refractivity contribution in [3.05, 3.63) is 47.5 Å². The molecule has 2 heterocycles. The summed E-state index contributed by atoms with van der Waals surface area (Å²) in [5, 5.41) is 9.50. The van der Waals surface area contributed by atoms with Gasteiger partial charge in [0.15, 0.2) is 11.5 Å². The SMILES string of the molecule is COc1cc(/C=C(/C#N)c2nc3ccc(F)cc3[nH]2)cc2c1OCO2. The number of H-pyrrole nitrogens is 1. The van der Waals surface area contributed by atoms with Crippen molar-refractivity contribution in [3.8, 4) is 23.3 Å². The molecule has 6 nitrogen and oxygen atoms in total. The van der Waals surface area contributed by atoms with E-state index in [4.69, 9.17) is 14.2 Å². The first-order chi connectivity index (χ1) is 12.2. The number of ether oxygens (including phenoxy) is 3. The van der Waals surface area contributed by atoms with E-state index in [9.17, 15) is 9.65 Å². The van der Waals surface area contributed by atoms with Crippen molar-refractivity contribution < 1.29 is 18.6 Å². The second-order valence-corrected chi connectivity index (χ2v) is 5.37. The molecule has 0 atom stereocenters. The fourth-order valence-corrected chi connectivity index (χ4v) is 2.66. The predicted molar refractivity (Wildman–Crippen MR) is 88.7 cm³/mol. The van der Waals surface area contributed by atoms with Crippen molar-refractivity contribution in [2.75, 3.05) is 13.9 Å². The number of benzene rings is 2. The van der Waals surface area contributed by atoms with Gasteiger partial charge in [0.2, 0.25) is 12.5 Å². The predicted octanol–water partition coefficient (Wildman–Crippen LogP) is 3.50. The van der Waals surface area contributed by atoms with Crippen molar-refractivity contribution in [3.63, 3.8) is 0 Å². The minimum Gasteiger partial charge on any atom is -0.493 e. The normalized spacial score (nSPS) is 13.1. The van der Waals surface area contributed by atoms with Crippen molar-refractivity contribution >= 4 is 22.7 Å². The average Bonchev–Trinajstić information content (AvgIpc) is 3.24. The highest BCUT2D eigenvalue weighted by atomic mass is 19.1. The molecule has 0 radical (unpaired) electrons. The van der Waals surface area contributed by atoms with Crippen molar-refractivity contribution in [1.82, 2.24) is 9.97 Å². The molecule has 124 valence electrons. The first-order valence-electron chi connectivity index (χ1n) is 7.43. The van der Waals surface area contributed by atoms with E-state index in [2.05, 4.69) is 16.0 Å². The van der Waals surface area contributed by atoms with Crippen LogP contribution in [0.2, 0.25) is 0 Å². The number of fused-ring (bicyclic) bond motifs is 2. The molecule has 7 heteroatoms. The van der Waals surface area contributed by atoms with E-state index in [1.54, 1.807) is 24.3 Å². The Hall–Kier alpha value is -3.53. The molecule has 25 heavy (non-hydrogen) atoms. The van der Waals surface area contributed by atoms with Crippen LogP contribution in [0.15, 0.2) is 30.3 Å². The Morgan fingerprint density at radius 1 is 1.36 bits per heavy atom. The number of hydrogen-bond donors (Lipinski definition) is 1. The third-order valence-corrected chi connectivity index (χ3v) is 3.81. The Morgan fingerprint density at radius 3 is 3.04 bits per heavy atom. The number of imidazole rings is 1. The highest BCUT2D eigenvalue weighted by Crippen LogP contribution is 2.42. The maximum atomic E-state index is 13.3. The van der Waals surface area contributed by atoms with Crippen LogP contribution in [0, 0.1) is 17.1 Å². The summed E-state index contributed by atoms with van der Waals surface area (Å²) in [6, 6.07) is 9.83. The van der Waals surface area contributed by atoms with Crippen molar-refractivity contribution in [1.29, 1.82) is 5.26 Å². The summed E-state index contributed by atoms with van der Waals surface area (Å²) >= 11 is 0. The Morgan fingerprint density at radius 2 is 2.24 bits per heavy atom. The summed E-state index contributed by atoms with van der Waals surface area (Å²) < 4.78 is 29.4. The molecule has 0 bridgehead atoms. The third kappa shape index (κ3) is 2.64. The highest BCUT2D eigenvalue weighted by Gasteiger charge is 2.20. The monoisotopic (exact) mass is 337 g/mol. The maximum Gasteiger partial charge on any atom is 0.231 e. The molecular weight excluding hydrogens is 325 g/mol. The summed E-state index contributed by atoms with van der Waals surface area (Å²) in [4.78, 5) is 7.30. The number of methoxy groups -OCH3 is 1. The summed E-state index contributed by atoms with van der Waals surface area (Å²) in [5.74, 6) is 1.60. The standard InChI is InChI=1S/C18H12FN3O3/c1-23-15-5-10(6-16-17(15)25-9-24-16)4-11(8-20)18-21-13-3-2-12(19)7-14(13)22-18/h2-7H,9H2,1H3,(H,21,22)/b11-4-. The van der Waals surface area contributed by atoms with Gasteiger partial charge in [0.05, 0.1) is 23.7 Å². The number of nitrogens with zero attached hydrogens (tertiary/aromatic N) is 2. The zero-order valence-electron chi connectivity index (χ0n) is 13.2. The smallest absolute Gasteiger partial charge is 0.231 e. The van der Waals surface area contributed by atoms with Crippen LogP contribution < -0.4 is 14.2 Å². The second kappa shape index (κ2) is 5.83. The van der Waals surface area contributed by atoms with Gasteiger partial charge < -0.3 is 19.2 Å². The Labute approximate surface area is 142 Å². The molecule has 1 N–H and O–H groups in total. The minimum atomic E-state index is -0.370. The van der Waals surface area contributed by atoms with E-state index in [1.807, 2.05) is 0 Å². The summed E-state index contributed by atoms with van der Waals surface area (Å²) in [7, 11) is 1.53. The topological polar surface area (TPSA) is 80.2 Å². The lowest BCUT2D eigenvalue weighted by Crippen LogP contribution is -1.93. The second-order valence-electron chi connectivity index (χ2n) is 5.37. The van der Waals surface area contributed by atoms with Gasteiger partial charge in [-0.25, -0.2) is 9.37 Å². The van der Waals surface area contributed by atoms with Crippen LogP contribution in [0.25, 0.3) is 22.7 Å². The molecule has 0 saturated heterocycles. The van der Waals surface area contributed by atoms with Crippen LogP contribution in [-0.2, 0) is 0 Å². The highest BCUT2D eigenvalue weighted by molar-refractivity contribution is 5.90. The van der Waals surface area contributed by atoms with Gasteiger partial charge >= 0.3 is 0 Å². The molecule has 1 aliphatic heterocycles. The van der Waals surface area contributed by atoms with E-state index in [0.717, 1.165) is 0 Å². The van der Waals surface area contributed by atoms with Gasteiger partial charge in [0.25, 0.3) is 0 Å². The van der Waals surface area contributed by atoms with Gasteiger partial charge in [0.1, 0.15) is 17.7 Å². The molecule has 0 fully saturated rings. The van der Waals surface area contributed by atoms with Gasteiger partial charge in [0, 0.05) is 0 Å². The largest absolute Gasteiger partial charge is 0.493 e. The fourth-order valence-electron chi connectivity index (χ4n) is 2.66. The van der Waals surface area contributed by atoms with E-state index >= 15 is 0 Å². The van der Waals surface area contributed by atoms with Gasteiger partial charge in [-0.3, -0.25) is 0 Å². The molecule has 0 saturated carbocycles. The lowest BCUT2D eigenvalue weighted by Gasteiger charge is -2.06. The summed E-state index contributed by atoms with van der Waals surface area (Å²) in [6.07, 6.45) is 1.65. The lowest BCUT2D eigenvalue weighted by atomic mass is 10.1. The molecule has 0 unspecified atom stereocenters. The number of aromatic nitrogens is 2. The first-order valence-corrected chi connectivity index (χ1v) is 7.43. The van der Waals surface area contributed by atoms with Crippen LogP contribution in [0.3, 0.4) is 0 Å². The molecule has 1 aromatic heterocycles. The Balaban J connectivity index is 1.79. The number of nitrogens with one attached hydrogen (secondary N) is 1. The van der Waals surface area contributed by atoms with E-state index in [-0.39, 0.29) is 12.6 Å². The number of allylic oxidation sites excluding steroid dienone is 1. The summed E-state index contributed by atoms with van der Waals surface area (Å²) in [5.41, 5.74) is 2.11. The quantitative estimate of drug-likeness (QED) is 0.740. The van der Waals surface area contributed by atoms with Crippen LogP contribution >= 0.6 is 0 Å². The Kier molecular flexibility index (Phi) is 3.51. The molecule has 1 aliphatic rings. The molecule has 0 spiro atoms. The number of halogens is 1. The van der Waals surface area contributed by atoms with Gasteiger partial charge in [-0.1, -0.05) is 0 Å². The molecule has 0 amide bonds. The number of aromatic amines is 1. The van der Waals surface area contributed by atoms with Crippen LogP contribution in [-0.4, -0.2) is 23.9 Å². The van der Waals surface area contributed by atoms with Crippen LogP contribution in [0.1, 0.15) is 11.4 Å². The molecule has 0 aliphatic carbocycles. The van der Waals surface area contributed by atoms with Gasteiger partial charge in [-0.15, -0.1) is 0 Å². The van der Waals surface area contributed by atoms with Gasteiger partial charge in [-0.2, -0.15) is 5.26 Å². The lowest BCUT2D eigenvalue weighted by molar-refractivity contribution is 0.171. The van der Waals surface area contributed by atoms with Crippen LogP contribution in [0.4, 0.5) is 4.39 Å². The number of nitriles is 1. The van der Waals surface area contributed by atoms with Gasteiger partial charge in [-0.05, 0) is 42.0 Å². The molecule has 2 aromatic carbocycles. The fraction of sp³-hybridized carbons (Fsp3) is 0.111. The zero-order chi connectivity index (χ0) is 17.4. The molecule has 4 rings (SSSR count). The van der Waals surface area contributed by atoms with Crippen molar-refractivity contribution in [2.45, 2.75) is 0 Å². The average molecular weight is 337 g/mol. The van der Waals surface area contributed by atoms with E-state index in [1.165, 1.54) is 19.2 Å². The first kappa shape index (κ1) is 15.0. The van der Waals surface area contributed by atoms with E-state index < -0.39 is 0 Å². The number of hydrogen-bond acceptors (Lipinski definition) is 5. The maximum absolute atomic E-state index is 13.3. The van der Waals surface area contributed by atoms with Crippen molar-refractivity contribution in [2.24, 2.45) is 0 Å². The number of rotatable bonds is 3. The molecular formula is C18H12FN3O3. The molecule has 3 aromatic rings. The van der Waals surface area contributed by atoms with E-state index in [0.29, 0.717) is 45.2 Å². The third-order valence-electron chi connectivity index (χ3n) is 3.81. The Bertz CT molecular complexity index is 1050. The summed E-state index contributed by atoms with van der Waals surface area (Å²) in [6.45, 7) is 0.124. The van der Waals surface area contributed by atoms with Crippen LogP contribution in [0.5, 0.6) is 17.2 Å².